The van der Waals surface area contributed by atoms with Gasteiger partial charge in [-0.1, -0.05) is 13.8 Å². The lowest BCUT2D eigenvalue weighted by Crippen LogP contribution is -2.36. The molecule has 0 aromatic carbocycles. The highest BCUT2D eigenvalue weighted by atomic mass is 32.2. The van der Waals surface area contributed by atoms with E-state index in [9.17, 15) is 8.42 Å². The SMILES string of the molecule is CC(C)NCCS(=O)(=O)NCC1CCSC1. The molecule has 0 aliphatic carbocycles. The molecule has 4 nitrogen and oxygen atoms in total. The third-order valence-corrected chi connectivity index (χ3v) is 5.12. The molecular weight excluding hydrogens is 244 g/mol. The quantitative estimate of drug-likeness (QED) is 0.711. The van der Waals surface area contributed by atoms with Crippen molar-refractivity contribution in [2.45, 2.75) is 26.3 Å². The number of hydrogen-bond donors (Lipinski definition) is 2. The minimum Gasteiger partial charge on any atom is -0.313 e. The van der Waals surface area contributed by atoms with Gasteiger partial charge in [0.2, 0.25) is 10.0 Å². The van der Waals surface area contributed by atoms with Crippen LogP contribution < -0.4 is 10.0 Å². The summed E-state index contributed by atoms with van der Waals surface area (Å²) in [6.07, 6.45) is 1.14. The third-order valence-electron chi connectivity index (χ3n) is 2.54. The summed E-state index contributed by atoms with van der Waals surface area (Å²) < 4.78 is 25.9. The van der Waals surface area contributed by atoms with Crippen molar-refractivity contribution in [1.82, 2.24) is 10.0 Å². The van der Waals surface area contributed by atoms with Gasteiger partial charge in [0.15, 0.2) is 0 Å². The van der Waals surface area contributed by atoms with Crippen molar-refractivity contribution >= 4 is 21.8 Å². The maximum Gasteiger partial charge on any atom is 0.212 e. The van der Waals surface area contributed by atoms with E-state index in [1.54, 1.807) is 0 Å². The van der Waals surface area contributed by atoms with Crippen molar-refractivity contribution in [3.05, 3.63) is 0 Å². The van der Waals surface area contributed by atoms with Crippen molar-refractivity contribution in [1.29, 1.82) is 0 Å². The summed E-state index contributed by atoms with van der Waals surface area (Å²) in [5, 5.41) is 3.11. The molecular formula is C10H22N2O2S2. The Kier molecular flexibility index (Phi) is 6.10. The molecule has 0 spiro atoms. The van der Waals surface area contributed by atoms with Crippen LogP contribution in [-0.2, 0) is 10.0 Å². The molecule has 0 radical (unpaired) electrons. The smallest absolute Gasteiger partial charge is 0.212 e. The van der Waals surface area contributed by atoms with Gasteiger partial charge in [0.25, 0.3) is 0 Å². The molecule has 1 fully saturated rings. The van der Waals surface area contributed by atoms with Gasteiger partial charge in [0.1, 0.15) is 0 Å². The maximum atomic E-state index is 11.6. The summed E-state index contributed by atoms with van der Waals surface area (Å²) in [7, 11) is -3.09. The van der Waals surface area contributed by atoms with Gasteiger partial charge in [-0.15, -0.1) is 0 Å². The van der Waals surface area contributed by atoms with E-state index in [1.807, 2.05) is 25.6 Å². The van der Waals surface area contributed by atoms with Crippen LogP contribution in [0.4, 0.5) is 0 Å². The Morgan fingerprint density at radius 1 is 1.44 bits per heavy atom. The lowest BCUT2D eigenvalue weighted by atomic mass is 10.1. The van der Waals surface area contributed by atoms with Gasteiger partial charge in [-0.05, 0) is 23.8 Å². The normalized spacial score (nSPS) is 21.8. The molecule has 6 heteroatoms. The van der Waals surface area contributed by atoms with Gasteiger partial charge < -0.3 is 5.32 Å². The van der Waals surface area contributed by atoms with Crippen LogP contribution in [0.5, 0.6) is 0 Å². The topological polar surface area (TPSA) is 58.2 Å². The zero-order chi connectivity index (χ0) is 12.0. The highest BCUT2D eigenvalue weighted by Crippen LogP contribution is 2.22. The second kappa shape index (κ2) is 6.83. The molecule has 0 bridgehead atoms. The van der Waals surface area contributed by atoms with Crippen molar-refractivity contribution in [3.8, 4) is 0 Å². The van der Waals surface area contributed by atoms with E-state index in [0.717, 1.165) is 12.2 Å². The van der Waals surface area contributed by atoms with E-state index in [-0.39, 0.29) is 5.75 Å². The Hall–Kier alpha value is 0.220. The van der Waals surface area contributed by atoms with Crippen molar-refractivity contribution in [2.24, 2.45) is 5.92 Å². The average molecular weight is 266 g/mol. The summed E-state index contributed by atoms with van der Waals surface area (Å²) >= 11 is 1.91. The van der Waals surface area contributed by atoms with Crippen LogP contribution in [0.1, 0.15) is 20.3 Å². The largest absolute Gasteiger partial charge is 0.313 e. The van der Waals surface area contributed by atoms with Crippen molar-refractivity contribution in [2.75, 3.05) is 30.3 Å². The van der Waals surface area contributed by atoms with E-state index in [4.69, 9.17) is 0 Å². The summed E-state index contributed by atoms with van der Waals surface area (Å²) in [6.45, 7) is 5.15. The Bertz CT molecular complexity index is 285. The molecule has 1 heterocycles. The summed E-state index contributed by atoms with van der Waals surface area (Å²) in [4.78, 5) is 0. The molecule has 1 atom stereocenters. The Balaban J connectivity index is 2.17. The van der Waals surface area contributed by atoms with Crippen LogP contribution in [0.25, 0.3) is 0 Å². The molecule has 1 aliphatic heterocycles. The van der Waals surface area contributed by atoms with Crippen molar-refractivity contribution in [3.63, 3.8) is 0 Å². The van der Waals surface area contributed by atoms with Crippen LogP contribution in [0.15, 0.2) is 0 Å². The fourth-order valence-corrected chi connectivity index (χ4v) is 3.85. The Labute approximate surface area is 103 Å². The van der Waals surface area contributed by atoms with Crippen molar-refractivity contribution < 1.29 is 8.42 Å². The van der Waals surface area contributed by atoms with Gasteiger partial charge in [-0.25, -0.2) is 13.1 Å². The highest BCUT2D eigenvalue weighted by Gasteiger charge is 2.18. The molecule has 0 amide bonds. The van der Waals surface area contributed by atoms with Gasteiger partial charge in [-0.3, -0.25) is 0 Å². The predicted molar refractivity (Wildman–Crippen MR) is 70.4 cm³/mol. The molecule has 2 N–H and O–H groups in total. The number of hydrogen-bond acceptors (Lipinski definition) is 4. The molecule has 0 aromatic heterocycles. The van der Waals surface area contributed by atoms with E-state index in [1.165, 1.54) is 5.75 Å². The lowest BCUT2D eigenvalue weighted by Gasteiger charge is -2.12. The van der Waals surface area contributed by atoms with E-state index in [0.29, 0.717) is 25.0 Å². The Morgan fingerprint density at radius 2 is 2.19 bits per heavy atom. The second-order valence-corrected chi connectivity index (χ2v) is 7.58. The molecule has 1 aliphatic rings. The van der Waals surface area contributed by atoms with Gasteiger partial charge in [0.05, 0.1) is 5.75 Å². The molecule has 0 saturated carbocycles. The summed E-state index contributed by atoms with van der Waals surface area (Å²) in [6, 6.07) is 0.335. The highest BCUT2D eigenvalue weighted by molar-refractivity contribution is 7.99. The fraction of sp³-hybridized carbons (Fsp3) is 1.00. The van der Waals surface area contributed by atoms with Crippen LogP contribution in [-0.4, -0.2) is 44.8 Å². The molecule has 1 rings (SSSR count). The zero-order valence-corrected chi connectivity index (χ0v) is 11.7. The monoisotopic (exact) mass is 266 g/mol. The summed E-state index contributed by atoms with van der Waals surface area (Å²) in [5.74, 6) is 2.96. The van der Waals surface area contributed by atoms with E-state index < -0.39 is 10.0 Å². The number of nitrogens with one attached hydrogen (secondary N) is 2. The molecule has 1 saturated heterocycles. The predicted octanol–water partition coefficient (Wildman–Crippen LogP) is 0.657. The number of thioether (sulfide) groups is 1. The lowest BCUT2D eigenvalue weighted by molar-refractivity contribution is 0.539. The average Bonchev–Trinajstić information content (AvgIpc) is 2.66. The van der Waals surface area contributed by atoms with Gasteiger partial charge in [-0.2, -0.15) is 11.8 Å². The van der Waals surface area contributed by atoms with Crippen LogP contribution >= 0.6 is 11.8 Å². The fourth-order valence-electron chi connectivity index (χ4n) is 1.54. The molecule has 0 aromatic rings. The standard InChI is InChI=1S/C10H22N2O2S2/c1-9(2)11-4-6-16(13,14)12-7-10-3-5-15-8-10/h9-12H,3-8H2,1-2H3. The second-order valence-electron chi connectivity index (χ2n) is 4.51. The third kappa shape index (κ3) is 6.08. The van der Waals surface area contributed by atoms with Crippen LogP contribution in [0, 0.1) is 5.92 Å². The van der Waals surface area contributed by atoms with E-state index >= 15 is 0 Å². The zero-order valence-electron chi connectivity index (χ0n) is 10.0. The summed E-state index contributed by atoms with van der Waals surface area (Å²) in [5.41, 5.74) is 0. The first kappa shape index (κ1) is 14.3. The maximum absolute atomic E-state index is 11.6. The van der Waals surface area contributed by atoms with E-state index in [2.05, 4.69) is 10.0 Å². The van der Waals surface area contributed by atoms with Crippen LogP contribution in [0.2, 0.25) is 0 Å². The van der Waals surface area contributed by atoms with Gasteiger partial charge in [0, 0.05) is 19.1 Å². The number of rotatable bonds is 7. The molecule has 1 unspecified atom stereocenters. The molecule has 96 valence electrons. The first-order chi connectivity index (χ1) is 7.49. The minimum absolute atomic E-state index is 0.172. The molecule has 16 heavy (non-hydrogen) atoms. The first-order valence-electron chi connectivity index (χ1n) is 5.78. The Morgan fingerprint density at radius 3 is 2.75 bits per heavy atom. The van der Waals surface area contributed by atoms with Gasteiger partial charge >= 0.3 is 0 Å². The number of sulfonamides is 1. The minimum atomic E-state index is -3.09. The first-order valence-corrected chi connectivity index (χ1v) is 8.59. The van der Waals surface area contributed by atoms with Crippen LogP contribution in [0.3, 0.4) is 0 Å².